The van der Waals surface area contributed by atoms with Gasteiger partial charge in [-0.05, 0) is 50.4 Å². The van der Waals surface area contributed by atoms with Gasteiger partial charge in [-0.3, -0.25) is 4.99 Å². The van der Waals surface area contributed by atoms with Crippen molar-refractivity contribution in [3.05, 3.63) is 0 Å². The molecule has 1 saturated heterocycles. The van der Waals surface area contributed by atoms with Crippen LogP contribution in [-0.4, -0.2) is 28.9 Å². The van der Waals surface area contributed by atoms with Crippen molar-refractivity contribution in [3.8, 4) is 0 Å². The van der Waals surface area contributed by atoms with E-state index in [1.165, 1.54) is 116 Å². The number of fused-ring (bicyclic) bond motifs is 8. The van der Waals surface area contributed by atoms with Crippen molar-refractivity contribution >= 4 is 5.84 Å². The number of piperidine rings is 1. The summed E-state index contributed by atoms with van der Waals surface area (Å²) in [6.07, 6.45) is 26.4. The van der Waals surface area contributed by atoms with E-state index in [-0.39, 0.29) is 0 Å². The van der Waals surface area contributed by atoms with Gasteiger partial charge in [0.05, 0.1) is 12.1 Å². The number of rotatable bonds is 0. The van der Waals surface area contributed by atoms with Crippen LogP contribution >= 0.6 is 0 Å². The third-order valence-electron chi connectivity index (χ3n) is 8.95. The summed E-state index contributed by atoms with van der Waals surface area (Å²) in [5.41, 5.74) is 0. The monoisotopic (exact) mass is 370 g/mol. The van der Waals surface area contributed by atoms with Gasteiger partial charge in [0, 0.05) is 12.0 Å². The van der Waals surface area contributed by atoms with Crippen LogP contribution in [0.25, 0.3) is 0 Å². The zero-order chi connectivity index (χ0) is 18.1. The first-order valence-corrected chi connectivity index (χ1v) is 12.8. The van der Waals surface area contributed by atoms with E-state index in [0.29, 0.717) is 6.04 Å². The summed E-state index contributed by atoms with van der Waals surface area (Å²) in [6, 6.07) is 2.28. The van der Waals surface area contributed by atoms with Crippen LogP contribution in [0.4, 0.5) is 0 Å². The second-order valence-corrected chi connectivity index (χ2v) is 10.5. The molecule has 2 aliphatic heterocycles. The van der Waals surface area contributed by atoms with Crippen LogP contribution in [0.3, 0.4) is 0 Å². The van der Waals surface area contributed by atoms with E-state index in [4.69, 9.17) is 4.99 Å². The van der Waals surface area contributed by atoms with Crippen LogP contribution in [0.5, 0.6) is 0 Å². The maximum absolute atomic E-state index is 5.56. The number of nitrogens with zero attached hydrogens (tertiary/aromatic N) is 2. The van der Waals surface area contributed by atoms with Crippen molar-refractivity contribution in [1.82, 2.24) is 4.90 Å². The van der Waals surface area contributed by atoms with Crippen LogP contribution in [0.15, 0.2) is 4.99 Å². The predicted molar refractivity (Wildman–Crippen MR) is 114 cm³/mol. The predicted octanol–water partition coefficient (Wildman–Crippen LogP) is 6.73. The van der Waals surface area contributed by atoms with Gasteiger partial charge in [-0.15, -0.1) is 0 Å². The molecule has 0 spiro atoms. The molecule has 2 heterocycles. The lowest BCUT2D eigenvalue weighted by Gasteiger charge is -2.52. The van der Waals surface area contributed by atoms with E-state index in [9.17, 15) is 0 Å². The molecule has 0 N–H and O–H groups in total. The SMILES string of the molecule is C1CCCC2C3CCCCCCC3C3=NC4CCCCCC4N3C2CCC1. The Bertz CT molecular complexity index is 526. The van der Waals surface area contributed by atoms with Gasteiger partial charge in [0.15, 0.2) is 0 Å². The van der Waals surface area contributed by atoms with E-state index in [2.05, 4.69) is 4.90 Å². The molecule has 2 nitrogen and oxygen atoms in total. The van der Waals surface area contributed by atoms with Gasteiger partial charge in [0.25, 0.3) is 0 Å². The topological polar surface area (TPSA) is 15.6 Å². The summed E-state index contributed by atoms with van der Waals surface area (Å²) in [5, 5.41) is 0. The Morgan fingerprint density at radius 2 is 1.07 bits per heavy atom. The molecule has 5 rings (SSSR count). The number of aliphatic imine (C=N–C) groups is 1. The van der Waals surface area contributed by atoms with Crippen LogP contribution < -0.4 is 0 Å². The maximum atomic E-state index is 5.56. The highest BCUT2D eigenvalue weighted by atomic mass is 15.3. The summed E-state index contributed by atoms with van der Waals surface area (Å²) < 4.78 is 0. The maximum Gasteiger partial charge on any atom is 0.103 e. The molecule has 0 aromatic rings. The van der Waals surface area contributed by atoms with Crippen molar-refractivity contribution in [2.75, 3.05) is 0 Å². The molecule has 0 amide bonds. The molecular formula is C25H42N2. The van der Waals surface area contributed by atoms with Crippen molar-refractivity contribution in [1.29, 1.82) is 0 Å². The zero-order valence-electron chi connectivity index (χ0n) is 17.6. The number of amidine groups is 1. The van der Waals surface area contributed by atoms with Crippen molar-refractivity contribution in [3.63, 3.8) is 0 Å². The van der Waals surface area contributed by atoms with E-state index < -0.39 is 0 Å². The summed E-state index contributed by atoms with van der Waals surface area (Å²) in [7, 11) is 0. The molecular weight excluding hydrogens is 328 g/mol. The molecule has 0 aromatic heterocycles. The fraction of sp³-hybridized carbons (Fsp3) is 0.960. The van der Waals surface area contributed by atoms with Gasteiger partial charge < -0.3 is 4.90 Å². The standard InChI is InChI=1S/C25H42N2/c1-2-8-14-20-19-13-7-4-5-9-15-21(19)25-26-22-16-10-6-12-18-24(22)27(25)23(20)17-11-3-1/h19-24H,1-18H2. The summed E-state index contributed by atoms with van der Waals surface area (Å²) >= 11 is 0. The quantitative estimate of drug-likeness (QED) is 0.461. The molecule has 6 atom stereocenters. The minimum atomic E-state index is 0.653. The molecule has 0 radical (unpaired) electrons. The van der Waals surface area contributed by atoms with Crippen molar-refractivity contribution in [2.45, 2.75) is 134 Å². The van der Waals surface area contributed by atoms with Gasteiger partial charge in [-0.25, -0.2) is 0 Å². The molecule has 6 unspecified atom stereocenters. The van der Waals surface area contributed by atoms with Crippen LogP contribution in [0, 0.1) is 17.8 Å². The second kappa shape index (κ2) is 8.46. The molecule has 2 heteroatoms. The Labute approximate surface area is 167 Å². The number of hydrogen-bond acceptors (Lipinski definition) is 2. The first kappa shape index (κ1) is 18.5. The summed E-state index contributed by atoms with van der Waals surface area (Å²) in [4.78, 5) is 8.58. The first-order chi connectivity index (χ1) is 13.4. The average molecular weight is 371 g/mol. The Morgan fingerprint density at radius 1 is 0.519 bits per heavy atom. The molecule has 3 saturated carbocycles. The highest BCUT2D eigenvalue weighted by Crippen LogP contribution is 2.49. The van der Waals surface area contributed by atoms with E-state index >= 15 is 0 Å². The molecule has 5 aliphatic rings. The molecule has 152 valence electrons. The largest absolute Gasteiger partial charge is 0.352 e. The van der Waals surface area contributed by atoms with Crippen LogP contribution in [0.2, 0.25) is 0 Å². The Hall–Kier alpha value is -0.530. The second-order valence-electron chi connectivity index (χ2n) is 10.5. The molecule has 27 heavy (non-hydrogen) atoms. The van der Waals surface area contributed by atoms with Crippen molar-refractivity contribution < 1.29 is 0 Å². The van der Waals surface area contributed by atoms with Crippen LogP contribution in [-0.2, 0) is 0 Å². The van der Waals surface area contributed by atoms with E-state index in [1.807, 2.05) is 0 Å². The minimum Gasteiger partial charge on any atom is -0.352 e. The number of hydrogen-bond donors (Lipinski definition) is 0. The Kier molecular flexibility index (Phi) is 5.79. The van der Waals surface area contributed by atoms with Gasteiger partial charge in [0.1, 0.15) is 5.84 Å². The fourth-order valence-corrected chi connectivity index (χ4v) is 7.71. The van der Waals surface area contributed by atoms with Gasteiger partial charge in [-0.1, -0.05) is 77.0 Å². The Balaban J connectivity index is 1.51. The minimum absolute atomic E-state index is 0.653. The van der Waals surface area contributed by atoms with E-state index in [0.717, 1.165) is 29.8 Å². The van der Waals surface area contributed by atoms with Gasteiger partial charge >= 0.3 is 0 Å². The van der Waals surface area contributed by atoms with Gasteiger partial charge in [0.2, 0.25) is 0 Å². The lowest BCUT2D eigenvalue weighted by molar-refractivity contribution is 0.0518. The first-order valence-electron chi connectivity index (χ1n) is 12.8. The zero-order valence-corrected chi connectivity index (χ0v) is 17.6. The summed E-state index contributed by atoms with van der Waals surface area (Å²) in [5.74, 6) is 4.40. The fourth-order valence-electron chi connectivity index (χ4n) is 7.71. The smallest absolute Gasteiger partial charge is 0.103 e. The van der Waals surface area contributed by atoms with Crippen LogP contribution in [0.1, 0.15) is 116 Å². The molecule has 0 aromatic carbocycles. The highest BCUT2D eigenvalue weighted by molar-refractivity contribution is 5.88. The molecule has 3 aliphatic carbocycles. The Morgan fingerprint density at radius 3 is 1.89 bits per heavy atom. The lowest BCUT2D eigenvalue weighted by Crippen LogP contribution is -2.58. The molecule has 4 fully saturated rings. The third kappa shape index (κ3) is 3.60. The van der Waals surface area contributed by atoms with E-state index in [1.54, 1.807) is 5.84 Å². The average Bonchev–Trinajstić information content (AvgIpc) is 2.91. The highest BCUT2D eigenvalue weighted by Gasteiger charge is 2.52. The molecule has 0 bridgehead atoms. The third-order valence-corrected chi connectivity index (χ3v) is 8.95. The van der Waals surface area contributed by atoms with Gasteiger partial charge in [-0.2, -0.15) is 0 Å². The lowest BCUT2D eigenvalue weighted by atomic mass is 9.65. The van der Waals surface area contributed by atoms with Crippen molar-refractivity contribution in [2.24, 2.45) is 22.7 Å². The summed E-state index contributed by atoms with van der Waals surface area (Å²) in [6.45, 7) is 0. The normalized spacial score (nSPS) is 43.3.